The van der Waals surface area contributed by atoms with Crippen LogP contribution in [0.25, 0.3) is 0 Å². The molecule has 4 heteroatoms. The van der Waals surface area contributed by atoms with Gasteiger partial charge in [-0.2, -0.15) is 0 Å². The molecule has 1 atom stereocenters. The lowest BCUT2D eigenvalue weighted by atomic mass is 9.88. The lowest BCUT2D eigenvalue weighted by Gasteiger charge is -2.38. The van der Waals surface area contributed by atoms with Crippen molar-refractivity contribution in [3.05, 3.63) is 83.4 Å². The van der Waals surface area contributed by atoms with Crippen molar-refractivity contribution in [3.63, 3.8) is 0 Å². The number of benzene rings is 2. The maximum Gasteiger partial charge on any atom is 0.254 e. The highest BCUT2D eigenvalue weighted by Crippen LogP contribution is 2.33. The first-order chi connectivity index (χ1) is 14.2. The fourth-order valence-corrected chi connectivity index (χ4v) is 4.95. The first-order valence-corrected chi connectivity index (χ1v) is 10.6. The minimum Gasteiger partial charge on any atom is -0.334 e. The van der Waals surface area contributed by atoms with Crippen LogP contribution in [0.1, 0.15) is 34.3 Å². The van der Waals surface area contributed by atoms with Crippen LogP contribution in [-0.2, 0) is 12.1 Å². The topological polar surface area (TPSA) is 35.9 Å². The Labute approximate surface area is 172 Å². The highest BCUT2D eigenvalue weighted by molar-refractivity contribution is 5.98. The predicted octanol–water partition coefficient (Wildman–Crippen LogP) is 3.89. The summed E-state index contributed by atoms with van der Waals surface area (Å²) in [6.45, 7) is 4.70. The van der Waals surface area contributed by atoms with Gasteiger partial charge in [-0.3, -0.25) is 9.79 Å². The molecule has 0 radical (unpaired) electrons. The van der Waals surface area contributed by atoms with E-state index >= 15 is 0 Å². The molecule has 0 aromatic heterocycles. The van der Waals surface area contributed by atoms with Gasteiger partial charge in [0.15, 0.2) is 0 Å². The van der Waals surface area contributed by atoms with Gasteiger partial charge in [0.2, 0.25) is 0 Å². The number of carbonyl (C=O) groups is 1. The maximum absolute atomic E-state index is 12.7. The number of nitrogens with zero attached hydrogens (tertiary/aromatic N) is 3. The zero-order valence-corrected chi connectivity index (χ0v) is 16.7. The largest absolute Gasteiger partial charge is 0.334 e. The second-order valence-electron chi connectivity index (χ2n) is 8.49. The Balaban J connectivity index is 1.19. The first kappa shape index (κ1) is 18.3. The third kappa shape index (κ3) is 3.53. The fraction of sp³-hybridized carbons (Fsp3) is 0.360. The summed E-state index contributed by atoms with van der Waals surface area (Å²) < 4.78 is 0. The number of hydrogen-bond donors (Lipinski definition) is 0. The van der Waals surface area contributed by atoms with Gasteiger partial charge in [-0.1, -0.05) is 48.5 Å². The van der Waals surface area contributed by atoms with Crippen molar-refractivity contribution in [2.75, 3.05) is 26.2 Å². The molecule has 0 N–H and O–H groups in total. The Kier molecular flexibility index (Phi) is 4.80. The third-order valence-corrected chi connectivity index (χ3v) is 6.58. The Hall–Kier alpha value is -2.72. The number of fused-ring (bicyclic) bond motifs is 1. The molecule has 3 aliphatic heterocycles. The molecule has 3 aliphatic rings. The van der Waals surface area contributed by atoms with Crippen molar-refractivity contribution in [2.24, 2.45) is 10.9 Å². The standard InChI is InChI=1S/C25H27N3O/c29-24-23-10-5-4-7-21(23)18-28(24)17-20-11-15-27(16-12-20)19-25(13-6-14-26-25)22-8-2-1-3-9-22/h1-10,13-14,20H,11-12,15-19H2. The lowest BCUT2D eigenvalue weighted by Crippen LogP contribution is -2.44. The van der Waals surface area contributed by atoms with Gasteiger partial charge in [0, 0.05) is 31.4 Å². The van der Waals surface area contributed by atoms with Crippen molar-refractivity contribution < 1.29 is 4.79 Å². The zero-order valence-electron chi connectivity index (χ0n) is 16.7. The van der Waals surface area contributed by atoms with E-state index in [2.05, 4.69) is 53.5 Å². The van der Waals surface area contributed by atoms with E-state index in [0.29, 0.717) is 5.92 Å². The highest BCUT2D eigenvalue weighted by atomic mass is 16.2. The average Bonchev–Trinajstić information content (AvgIpc) is 3.36. The summed E-state index contributed by atoms with van der Waals surface area (Å²) in [4.78, 5) is 22.1. The molecule has 1 unspecified atom stereocenters. The van der Waals surface area contributed by atoms with Gasteiger partial charge in [0.1, 0.15) is 5.54 Å². The minimum atomic E-state index is -0.249. The van der Waals surface area contributed by atoms with E-state index in [4.69, 9.17) is 4.99 Å². The molecule has 5 rings (SSSR count). The van der Waals surface area contributed by atoms with E-state index < -0.39 is 0 Å². The quantitative estimate of drug-likeness (QED) is 0.783. The molecule has 1 amide bonds. The number of carbonyl (C=O) groups excluding carboxylic acids is 1. The van der Waals surface area contributed by atoms with E-state index in [1.165, 1.54) is 11.1 Å². The first-order valence-electron chi connectivity index (χ1n) is 10.6. The molecule has 2 aromatic carbocycles. The van der Waals surface area contributed by atoms with Crippen molar-refractivity contribution in [2.45, 2.75) is 24.9 Å². The molecule has 1 fully saturated rings. The van der Waals surface area contributed by atoms with Crippen LogP contribution in [0.4, 0.5) is 0 Å². The van der Waals surface area contributed by atoms with Crippen molar-refractivity contribution in [1.29, 1.82) is 0 Å². The summed E-state index contributed by atoms with van der Waals surface area (Å²) in [5.41, 5.74) is 3.07. The number of rotatable bonds is 5. The molecule has 0 spiro atoms. The Morgan fingerprint density at radius 3 is 2.48 bits per heavy atom. The van der Waals surface area contributed by atoms with Gasteiger partial charge in [-0.25, -0.2) is 0 Å². The predicted molar refractivity (Wildman–Crippen MR) is 116 cm³/mol. The maximum atomic E-state index is 12.7. The number of hydrogen-bond acceptors (Lipinski definition) is 3. The van der Waals surface area contributed by atoms with Gasteiger partial charge in [-0.15, -0.1) is 0 Å². The van der Waals surface area contributed by atoms with Gasteiger partial charge in [-0.05, 0) is 61.2 Å². The van der Waals surface area contributed by atoms with Crippen LogP contribution in [0.2, 0.25) is 0 Å². The summed E-state index contributed by atoms with van der Waals surface area (Å²) in [6, 6.07) is 18.6. The van der Waals surface area contributed by atoms with Crippen LogP contribution < -0.4 is 0 Å². The van der Waals surface area contributed by atoms with Crippen molar-refractivity contribution in [3.8, 4) is 0 Å². The van der Waals surface area contributed by atoms with Crippen LogP contribution >= 0.6 is 0 Å². The Morgan fingerprint density at radius 2 is 1.76 bits per heavy atom. The average molecular weight is 386 g/mol. The van der Waals surface area contributed by atoms with Gasteiger partial charge < -0.3 is 9.80 Å². The molecule has 29 heavy (non-hydrogen) atoms. The van der Waals surface area contributed by atoms with E-state index in [9.17, 15) is 4.79 Å². The molecule has 0 aliphatic carbocycles. The fourth-order valence-electron chi connectivity index (χ4n) is 4.95. The smallest absolute Gasteiger partial charge is 0.254 e. The van der Waals surface area contributed by atoms with Crippen molar-refractivity contribution >= 4 is 12.1 Å². The number of allylic oxidation sites excluding steroid dienone is 1. The van der Waals surface area contributed by atoms with Crippen LogP contribution in [0.3, 0.4) is 0 Å². The van der Waals surface area contributed by atoms with Gasteiger partial charge in [0.25, 0.3) is 5.91 Å². The minimum absolute atomic E-state index is 0.205. The molecule has 0 saturated carbocycles. The van der Waals surface area contributed by atoms with Gasteiger partial charge >= 0.3 is 0 Å². The molecule has 3 heterocycles. The van der Waals surface area contributed by atoms with E-state index in [-0.39, 0.29) is 11.4 Å². The monoisotopic (exact) mass is 385 g/mol. The number of piperidine rings is 1. The van der Waals surface area contributed by atoms with E-state index in [1.54, 1.807) is 0 Å². The summed E-state index contributed by atoms with van der Waals surface area (Å²) in [6.07, 6.45) is 8.50. The van der Waals surface area contributed by atoms with E-state index in [0.717, 1.165) is 51.1 Å². The number of likely N-dealkylation sites (tertiary alicyclic amines) is 1. The van der Waals surface area contributed by atoms with E-state index in [1.807, 2.05) is 29.3 Å². The van der Waals surface area contributed by atoms with Crippen LogP contribution in [0.5, 0.6) is 0 Å². The normalized spacial score (nSPS) is 24.4. The third-order valence-electron chi connectivity index (χ3n) is 6.58. The summed E-state index contributed by atoms with van der Waals surface area (Å²) in [5.74, 6) is 0.788. The molecule has 148 valence electrons. The zero-order chi connectivity index (χ0) is 19.7. The second-order valence-corrected chi connectivity index (χ2v) is 8.49. The Bertz CT molecular complexity index is 930. The second kappa shape index (κ2) is 7.60. The molecular formula is C25H27N3O. The Morgan fingerprint density at radius 1 is 1.00 bits per heavy atom. The number of aliphatic imine (C=N–C) groups is 1. The van der Waals surface area contributed by atoms with Crippen LogP contribution in [0, 0.1) is 5.92 Å². The van der Waals surface area contributed by atoms with Crippen molar-refractivity contribution in [1.82, 2.24) is 9.80 Å². The van der Waals surface area contributed by atoms with Gasteiger partial charge in [0.05, 0.1) is 0 Å². The summed E-state index contributed by atoms with van der Waals surface area (Å²) in [5, 5.41) is 0. The summed E-state index contributed by atoms with van der Waals surface area (Å²) >= 11 is 0. The molecule has 2 aromatic rings. The summed E-state index contributed by atoms with van der Waals surface area (Å²) in [7, 11) is 0. The lowest BCUT2D eigenvalue weighted by molar-refractivity contribution is 0.0707. The molecule has 1 saturated heterocycles. The molecule has 0 bridgehead atoms. The number of amides is 1. The molecular weight excluding hydrogens is 358 g/mol. The van der Waals surface area contributed by atoms with Crippen LogP contribution in [-0.4, -0.2) is 48.1 Å². The molecule has 4 nitrogen and oxygen atoms in total. The highest BCUT2D eigenvalue weighted by Gasteiger charge is 2.35. The van der Waals surface area contributed by atoms with Crippen LogP contribution in [0.15, 0.2) is 71.7 Å². The SMILES string of the molecule is O=C1c2ccccc2CN1CC1CCN(CC2(c3ccccc3)C=CC=N2)CC1.